The third-order valence-corrected chi connectivity index (χ3v) is 3.17. The van der Waals surface area contributed by atoms with E-state index in [0.29, 0.717) is 19.1 Å². The van der Waals surface area contributed by atoms with Crippen LogP contribution in [0.2, 0.25) is 0 Å². The standard InChI is InChI=1S/C14H15NO/c1-9(2)10-3-4-11-5-12-7-16-8-14(12)15-13(11)6-10/h3-6,9H,7-8H2,1-2H3. The lowest BCUT2D eigenvalue weighted by Crippen LogP contribution is -1.92. The van der Waals surface area contributed by atoms with Crippen LogP contribution < -0.4 is 0 Å². The van der Waals surface area contributed by atoms with Crippen LogP contribution in [0, 0.1) is 0 Å². The summed E-state index contributed by atoms with van der Waals surface area (Å²) in [5, 5.41) is 1.22. The number of aromatic nitrogens is 1. The number of hydrogen-bond acceptors (Lipinski definition) is 2. The van der Waals surface area contributed by atoms with Gasteiger partial charge in [0.1, 0.15) is 0 Å². The Hall–Kier alpha value is -1.41. The molecule has 0 amide bonds. The Morgan fingerprint density at radius 1 is 1.19 bits per heavy atom. The molecule has 0 fully saturated rings. The monoisotopic (exact) mass is 213 g/mol. The van der Waals surface area contributed by atoms with Gasteiger partial charge in [0.05, 0.1) is 24.4 Å². The summed E-state index contributed by atoms with van der Waals surface area (Å²) in [6.07, 6.45) is 0. The van der Waals surface area contributed by atoms with Crippen molar-refractivity contribution in [3.05, 3.63) is 41.1 Å². The summed E-state index contributed by atoms with van der Waals surface area (Å²) in [6, 6.07) is 8.75. The molecule has 1 aromatic heterocycles. The van der Waals surface area contributed by atoms with Crippen molar-refractivity contribution in [3.63, 3.8) is 0 Å². The van der Waals surface area contributed by atoms with E-state index in [1.165, 1.54) is 16.5 Å². The van der Waals surface area contributed by atoms with Crippen LogP contribution >= 0.6 is 0 Å². The van der Waals surface area contributed by atoms with Crippen LogP contribution in [-0.4, -0.2) is 4.98 Å². The van der Waals surface area contributed by atoms with Crippen molar-refractivity contribution in [3.8, 4) is 0 Å². The van der Waals surface area contributed by atoms with Crippen molar-refractivity contribution in [2.45, 2.75) is 33.0 Å². The molecule has 0 aliphatic carbocycles. The fourth-order valence-electron chi connectivity index (χ4n) is 2.13. The van der Waals surface area contributed by atoms with E-state index in [2.05, 4.69) is 43.1 Å². The zero-order chi connectivity index (χ0) is 11.1. The van der Waals surface area contributed by atoms with Crippen molar-refractivity contribution in [1.29, 1.82) is 0 Å². The van der Waals surface area contributed by atoms with Crippen molar-refractivity contribution >= 4 is 10.9 Å². The molecule has 82 valence electrons. The largest absolute Gasteiger partial charge is 0.370 e. The Balaban J connectivity index is 2.20. The highest BCUT2D eigenvalue weighted by Gasteiger charge is 2.13. The first-order valence-electron chi connectivity index (χ1n) is 5.74. The van der Waals surface area contributed by atoms with E-state index in [1.807, 2.05) is 0 Å². The van der Waals surface area contributed by atoms with Gasteiger partial charge >= 0.3 is 0 Å². The number of ether oxygens (including phenoxy) is 1. The van der Waals surface area contributed by atoms with Gasteiger partial charge < -0.3 is 4.74 Å². The summed E-state index contributed by atoms with van der Waals surface area (Å²) in [5.41, 5.74) is 4.78. The van der Waals surface area contributed by atoms with Crippen LogP contribution in [0.25, 0.3) is 10.9 Å². The lowest BCUT2D eigenvalue weighted by atomic mass is 10.0. The number of pyridine rings is 1. The second-order valence-electron chi connectivity index (χ2n) is 4.69. The Labute approximate surface area is 95.3 Å². The van der Waals surface area contributed by atoms with E-state index in [-0.39, 0.29) is 0 Å². The molecule has 0 bridgehead atoms. The van der Waals surface area contributed by atoms with Crippen LogP contribution in [0.5, 0.6) is 0 Å². The van der Waals surface area contributed by atoms with Crippen LogP contribution in [0.1, 0.15) is 36.6 Å². The summed E-state index contributed by atoms with van der Waals surface area (Å²) in [4.78, 5) is 4.67. The first kappa shape index (κ1) is 9.79. The SMILES string of the molecule is CC(C)c1ccc2cc3c(nc2c1)COC3. The molecule has 2 nitrogen and oxygen atoms in total. The maximum Gasteiger partial charge on any atom is 0.0896 e. The van der Waals surface area contributed by atoms with Crippen molar-refractivity contribution < 1.29 is 4.74 Å². The number of nitrogens with zero attached hydrogens (tertiary/aromatic N) is 1. The van der Waals surface area contributed by atoms with Gasteiger partial charge in [-0.05, 0) is 23.6 Å². The first-order valence-corrected chi connectivity index (χ1v) is 5.74. The highest BCUT2D eigenvalue weighted by molar-refractivity contribution is 5.80. The van der Waals surface area contributed by atoms with Crippen LogP contribution in [0.4, 0.5) is 0 Å². The van der Waals surface area contributed by atoms with Gasteiger partial charge in [0.15, 0.2) is 0 Å². The molecule has 0 radical (unpaired) electrons. The molecule has 1 aliphatic heterocycles. The molecule has 0 unspecified atom stereocenters. The molecule has 0 saturated carbocycles. The minimum Gasteiger partial charge on any atom is -0.370 e. The maximum absolute atomic E-state index is 5.40. The van der Waals surface area contributed by atoms with Gasteiger partial charge in [0.25, 0.3) is 0 Å². The minimum atomic E-state index is 0.552. The maximum atomic E-state index is 5.40. The van der Waals surface area contributed by atoms with E-state index >= 15 is 0 Å². The molecule has 0 spiro atoms. The van der Waals surface area contributed by atoms with E-state index in [4.69, 9.17) is 4.74 Å². The van der Waals surface area contributed by atoms with Crippen molar-refractivity contribution in [2.75, 3.05) is 0 Å². The molecular formula is C14H15NO. The van der Waals surface area contributed by atoms with Crippen molar-refractivity contribution in [1.82, 2.24) is 4.98 Å². The molecule has 1 aromatic carbocycles. The van der Waals surface area contributed by atoms with Gasteiger partial charge in [-0.2, -0.15) is 0 Å². The zero-order valence-electron chi connectivity index (χ0n) is 9.66. The van der Waals surface area contributed by atoms with E-state index in [0.717, 1.165) is 11.2 Å². The van der Waals surface area contributed by atoms with Gasteiger partial charge in [0, 0.05) is 10.9 Å². The van der Waals surface area contributed by atoms with Crippen molar-refractivity contribution in [2.24, 2.45) is 0 Å². The second-order valence-corrected chi connectivity index (χ2v) is 4.69. The number of benzene rings is 1. The van der Waals surface area contributed by atoms with Gasteiger partial charge in [-0.1, -0.05) is 26.0 Å². The summed E-state index contributed by atoms with van der Waals surface area (Å²) in [5.74, 6) is 0.552. The molecule has 0 N–H and O–H groups in total. The quantitative estimate of drug-likeness (QED) is 0.724. The second kappa shape index (κ2) is 3.56. The molecule has 0 atom stereocenters. The lowest BCUT2D eigenvalue weighted by molar-refractivity contribution is 0.133. The minimum absolute atomic E-state index is 0.552. The average molecular weight is 213 g/mol. The normalized spacial score (nSPS) is 14.7. The topological polar surface area (TPSA) is 22.1 Å². The van der Waals surface area contributed by atoms with E-state index in [1.54, 1.807) is 0 Å². The van der Waals surface area contributed by atoms with Crippen LogP contribution in [-0.2, 0) is 18.0 Å². The number of hydrogen-bond donors (Lipinski definition) is 0. The highest BCUT2D eigenvalue weighted by Crippen LogP contribution is 2.25. The molecule has 3 rings (SSSR count). The zero-order valence-corrected chi connectivity index (χ0v) is 9.66. The molecule has 0 saturated heterocycles. The summed E-state index contributed by atoms with van der Waals surface area (Å²) < 4.78 is 5.40. The Morgan fingerprint density at radius 2 is 2.06 bits per heavy atom. The Bertz CT molecular complexity index is 546. The molecule has 2 heterocycles. The van der Waals surface area contributed by atoms with Gasteiger partial charge in [-0.3, -0.25) is 0 Å². The van der Waals surface area contributed by atoms with Gasteiger partial charge in [0.2, 0.25) is 0 Å². The third-order valence-electron chi connectivity index (χ3n) is 3.17. The number of fused-ring (bicyclic) bond motifs is 2. The van der Waals surface area contributed by atoms with Gasteiger partial charge in [-0.25, -0.2) is 4.98 Å². The molecule has 1 aliphatic rings. The van der Waals surface area contributed by atoms with Crippen LogP contribution in [0.3, 0.4) is 0 Å². The fraction of sp³-hybridized carbons (Fsp3) is 0.357. The Morgan fingerprint density at radius 3 is 2.88 bits per heavy atom. The smallest absolute Gasteiger partial charge is 0.0896 e. The summed E-state index contributed by atoms with van der Waals surface area (Å²) >= 11 is 0. The third kappa shape index (κ3) is 1.50. The van der Waals surface area contributed by atoms with E-state index in [9.17, 15) is 0 Å². The predicted octanol–water partition coefficient (Wildman–Crippen LogP) is 3.39. The lowest BCUT2D eigenvalue weighted by Gasteiger charge is -2.07. The molecular weight excluding hydrogens is 198 g/mol. The highest BCUT2D eigenvalue weighted by atomic mass is 16.5. The molecule has 2 aromatic rings. The summed E-state index contributed by atoms with van der Waals surface area (Å²) in [6.45, 7) is 5.79. The predicted molar refractivity (Wildman–Crippen MR) is 64.3 cm³/mol. The number of rotatable bonds is 1. The molecule has 2 heteroatoms. The van der Waals surface area contributed by atoms with E-state index < -0.39 is 0 Å². The van der Waals surface area contributed by atoms with Crippen LogP contribution in [0.15, 0.2) is 24.3 Å². The molecule has 16 heavy (non-hydrogen) atoms. The van der Waals surface area contributed by atoms with Gasteiger partial charge in [-0.15, -0.1) is 0 Å². The Kier molecular flexibility index (Phi) is 2.18. The average Bonchev–Trinajstić information content (AvgIpc) is 2.71. The summed E-state index contributed by atoms with van der Waals surface area (Å²) in [7, 11) is 0. The first-order chi connectivity index (χ1) is 7.74. The fourth-order valence-corrected chi connectivity index (χ4v) is 2.13.